The number of carbonyl (C=O) groups is 1. The van der Waals surface area contributed by atoms with E-state index < -0.39 is 10.7 Å². The van der Waals surface area contributed by atoms with Gasteiger partial charge in [-0.25, -0.2) is 9.37 Å². The second kappa shape index (κ2) is 10.1. The molecule has 166 valence electrons. The summed E-state index contributed by atoms with van der Waals surface area (Å²) in [5, 5.41) is 13.9. The Morgan fingerprint density at radius 2 is 2.06 bits per heavy atom. The third-order valence-corrected chi connectivity index (χ3v) is 6.89. The second-order valence-corrected chi connectivity index (χ2v) is 9.30. The van der Waals surface area contributed by atoms with Gasteiger partial charge in [0.1, 0.15) is 11.5 Å². The molecule has 0 fully saturated rings. The third kappa shape index (κ3) is 5.54. The van der Waals surface area contributed by atoms with Crippen molar-refractivity contribution in [1.82, 2.24) is 4.98 Å². The summed E-state index contributed by atoms with van der Waals surface area (Å²) in [7, 11) is 0. The molecule has 3 aromatic carbocycles. The van der Waals surface area contributed by atoms with Crippen LogP contribution in [0.5, 0.6) is 0 Å². The van der Waals surface area contributed by atoms with Crippen molar-refractivity contribution in [3.63, 3.8) is 0 Å². The van der Waals surface area contributed by atoms with Crippen molar-refractivity contribution in [3.8, 4) is 0 Å². The lowest BCUT2D eigenvalue weighted by molar-refractivity contribution is -0.383. The molecule has 1 heterocycles. The fourth-order valence-electron chi connectivity index (χ4n) is 2.86. The first kappa shape index (κ1) is 22.8. The molecule has 0 saturated carbocycles. The Balaban J connectivity index is 1.43. The number of anilines is 1. The molecule has 0 aliphatic rings. The molecule has 4 aromatic rings. The molecule has 0 radical (unpaired) electrons. The minimum Gasteiger partial charge on any atom is -0.320 e. The first-order chi connectivity index (χ1) is 15.9. The van der Waals surface area contributed by atoms with Gasteiger partial charge in [0.15, 0.2) is 4.34 Å². The van der Waals surface area contributed by atoms with Crippen LogP contribution in [0.15, 0.2) is 70.0 Å². The van der Waals surface area contributed by atoms with Gasteiger partial charge in [0.05, 0.1) is 31.6 Å². The first-order valence-electron chi connectivity index (χ1n) is 9.45. The first-order valence-corrected chi connectivity index (χ1v) is 11.6. The van der Waals surface area contributed by atoms with Crippen LogP contribution in [0, 0.1) is 15.9 Å². The number of nitro groups is 1. The quantitative estimate of drug-likeness (QED) is 0.135. The van der Waals surface area contributed by atoms with Gasteiger partial charge < -0.3 is 5.32 Å². The number of hydrogen-bond donors (Lipinski definition) is 1. The Kier molecular flexibility index (Phi) is 6.97. The SMILES string of the molecule is O=C(CSc1nc2ccc(N=Cc3c(F)cccc3Cl)cc2s1)Nc1ccccc1[N+](=O)[O-]. The van der Waals surface area contributed by atoms with E-state index in [1.54, 1.807) is 24.3 Å². The van der Waals surface area contributed by atoms with Crippen LogP contribution in [0.1, 0.15) is 5.56 Å². The number of amides is 1. The van der Waals surface area contributed by atoms with Gasteiger partial charge in [-0.2, -0.15) is 0 Å². The van der Waals surface area contributed by atoms with Gasteiger partial charge in [0.2, 0.25) is 5.91 Å². The van der Waals surface area contributed by atoms with Crippen LogP contribution in [0.3, 0.4) is 0 Å². The van der Waals surface area contributed by atoms with E-state index in [0.717, 1.165) is 10.2 Å². The van der Waals surface area contributed by atoms with Crippen molar-refractivity contribution in [2.24, 2.45) is 4.99 Å². The smallest absolute Gasteiger partial charge is 0.292 e. The van der Waals surface area contributed by atoms with Crippen molar-refractivity contribution in [2.75, 3.05) is 11.1 Å². The van der Waals surface area contributed by atoms with Crippen molar-refractivity contribution >= 4 is 74.1 Å². The van der Waals surface area contributed by atoms with Crippen LogP contribution < -0.4 is 5.32 Å². The summed E-state index contributed by atoms with van der Waals surface area (Å²) >= 11 is 8.63. The molecule has 1 amide bonds. The Hall–Kier alpha value is -3.34. The normalized spacial score (nSPS) is 11.2. The highest BCUT2D eigenvalue weighted by atomic mass is 35.5. The highest BCUT2D eigenvalue weighted by molar-refractivity contribution is 8.01. The van der Waals surface area contributed by atoms with E-state index in [1.165, 1.54) is 59.6 Å². The number of carbonyl (C=O) groups excluding carboxylic acids is 1. The standard InChI is InChI=1S/C22H14ClFN4O3S2/c23-15-4-3-5-16(24)14(15)11-25-13-8-9-18-20(10-13)33-22(27-18)32-12-21(29)26-17-6-1-2-7-19(17)28(30)31/h1-11H,12H2,(H,26,29). The van der Waals surface area contributed by atoms with E-state index >= 15 is 0 Å². The third-order valence-electron chi connectivity index (χ3n) is 4.40. The molecule has 7 nitrogen and oxygen atoms in total. The number of nitrogens with zero attached hydrogens (tertiary/aromatic N) is 3. The molecule has 4 rings (SSSR count). The Morgan fingerprint density at radius 1 is 1.24 bits per heavy atom. The second-order valence-electron chi connectivity index (χ2n) is 6.64. The number of nitro benzene ring substituents is 1. The summed E-state index contributed by atoms with van der Waals surface area (Å²) in [5.74, 6) is -0.786. The molecular formula is C22H14ClFN4O3S2. The highest BCUT2D eigenvalue weighted by Crippen LogP contribution is 2.32. The molecule has 1 N–H and O–H groups in total. The number of aromatic nitrogens is 1. The molecular weight excluding hydrogens is 487 g/mol. The monoisotopic (exact) mass is 500 g/mol. The van der Waals surface area contributed by atoms with Gasteiger partial charge in [-0.3, -0.25) is 19.9 Å². The summed E-state index contributed by atoms with van der Waals surface area (Å²) in [6.07, 6.45) is 1.38. The minimum atomic E-state index is -0.545. The van der Waals surface area contributed by atoms with Gasteiger partial charge in [0.25, 0.3) is 5.69 Å². The van der Waals surface area contributed by atoms with Gasteiger partial charge in [-0.15, -0.1) is 11.3 Å². The fraction of sp³-hybridized carbons (Fsp3) is 0.0455. The zero-order chi connectivity index (χ0) is 23.4. The fourth-order valence-corrected chi connectivity index (χ4v) is 4.97. The molecule has 0 aliphatic heterocycles. The molecule has 33 heavy (non-hydrogen) atoms. The van der Waals surface area contributed by atoms with Crippen molar-refractivity contribution < 1.29 is 14.1 Å². The number of aliphatic imine (C=N–C) groups is 1. The zero-order valence-electron chi connectivity index (χ0n) is 16.7. The number of thiazole rings is 1. The lowest BCUT2D eigenvalue weighted by Gasteiger charge is -2.04. The number of fused-ring (bicyclic) bond motifs is 1. The summed E-state index contributed by atoms with van der Waals surface area (Å²) in [5.41, 5.74) is 1.54. The molecule has 0 aliphatic carbocycles. The van der Waals surface area contributed by atoms with E-state index in [9.17, 15) is 19.3 Å². The van der Waals surface area contributed by atoms with Crippen molar-refractivity contribution in [3.05, 3.63) is 87.2 Å². The van der Waals surface area contributed by atoms with Crippen LogP contribution in [-0.4, -0.2) is 27.8 Å². The van der Waals surface area contributed by atoms with E-state index in [2.05, 4.69) is 15.3 Å². The summed E-state index contributed by atoms with van der Waals surface area (Å²) < 4.78 is 15.4. The van der Waals surface area contributed by atoms with Crippen molar-refractivity contribution in [1.29, 1.82) is 0 Å². The van der Waals surface area contributed by atoms with Crippen molar-refractivity contribution in [2.45, 2.75) is 4.34 Å². The predicted molar refractivity (Wildman–Crippen MR) is 131 cm³/mol. The summed E-state index contributed by atoms with van der Waals surface area (Å²) in [4.78, 5) is 31.6. The van der Waals surface area contributed by atoms with Crippen LogP contribution in [0.4, 0.5) is 21.5 Å². The lowest BCUT2D eigenvalue weighted by Crippen LogP contribution is -2.15. The maximum Gasteiger partial charge on any atom is 0.292 e. The molecule has 0 bridgehead atoms. The number of benzene rings is 3. The molecule has 0 unspecified atom stereocenters. The number of para-hydroxylation sites is 2. The topological polar surface area (TPSA) is 97.5 Å². The summed E-state index contributed by atoms with van der Waals surface area (Å²) in [6.45, 7) is 0. The number of halogens is 2. The Bertz CT molecular complexity index is 1370. The summed E-state index contributed by atoms with van der Waals surface area (Å²) in [6, 6.07) is 15.8. The molecule has 0 atom stereocenters. The van der Waals surface area contributed by atoms with Crippen LogP contribution >= 0.6 is 34.7 Å². The maximum atomic E-state index is 13.9. The van der Waals surface area contributed by atoms with Gasteiger partial charge >= 0.3 is 0 Å². The minimum absolute atomic E-state index is 0.0443. The van der Waals surface area contributed by atoms with Crippen LogP contribution in [0.2, 0.25) is 5.02 Å². The Labute approximate surface area is 200 Å². The van der Waals surface area contributed by atoms with E-state index in [0.29, 0.717) is 10.0 Å². The van der Waals surface area contributed by atoms with Crippen LogP contribution in [0.25, 0.3) is 10.2 Å². The van der Waals surface area contributed by atoms with E-state index in [1.807, 2.05) is 6.07 Å². The molecule has 11 heteroatoms. The van der Waals surface area contributed by atoms with Gasteiger partial charge in [0, 0.05) is 17.8 Å². The molecule has 1 aromatic heterocycles. The highest BCUT2D eigenvalue weighted by Gasteiger charge is 2.15. The Morgan fingerprint density at radius 3 is 2.85 bits per heavy atom. The number of rotatable bonds is 7. The molecule has 0 saturated heterocycles. The van der Waals surface area contributed by atoms with Gasteiger partial charge in [-0.05, 0) is 36.4 Å². The average molecular weight is 501 g/mol. The number of hydrogen-bond acceptors (Lipinski definition) is 7. The number of nitrogens with one attached hydrogen (secondary N) is 1. The molecule has 0 spiro atoms. The zero-order valence-corrected chi connectivity index (χ0v) is 19.1. The van der Waals surface area contributed by atoms with Gasteiger partial charge in [-0.1, -0.05) is 41.6 Å². The largest absolute Gasteiger partial charge is 0.320 e. The van der Waals surface area contributed by atoms with E-state index in [4.69, 9.17) is 11.6 Å². The maximum absolute atomic E-state index is 13.9. The average Bonchev–Trinajstić information content (AvgIpc) is 3.20. The van der Waals surface area contributed by atoms with Crippen LogP contribution in [-0.2, 0) is 4.79 Å². The number of thioether (sulfide) groups is 1. The lowest BCUT2D eigenvalue weighted by atomic mass is 10.2. The predicted octanol–water partition coefficient (Wildman–Crippen LogP) is 6.48. The van der Waals surface area contributed by atoms with E-state index in [-0.39, 0.29) is 33.6 Å².